The number of thiazole rings is 1. The number of Topliss-reactive ketones (excluding diaryl/α,β-unsaturated/α-hetero) is 1. The van der Waals surface area contributed by atoms with Gasteiger partial charge in [0.1, 0.15) is 10.8 Å². The van der Waals surface area contributed by atoms with Crippen molar-refractivity contribution in [2.45, 2.75) is 25.7 Å². The molecule has 3 rings (SSSR count). The third-order valence-electron chi connectivity index (χ3n) is 3.88. The molecule has 21 heavy (non-hydrogen) atoms. The van der Waals surface area contributed by atoms with Crippen LogP contribution in [0.15, 0.2) is 35.7 Å². The number of hydrogen-bond acceptors (Lipinski definition) is 4. The summed E-state index contributed by atoms with van der Waals surface area (Å²) in [6.45, 7) is 2.08. The highest BCUT2D eigenvalue weighted by Gasteiger charge is 2.17. The summed E-state index contributed by atoms with van der Waals surface area (Å²) < 4.78 is 0. The van der Waals surface area contributed by atoms with Crippen LogP contribution in [0.4, 0.5) is 0 Å². The molecule has 1 saturated heterocycles. The maximum absolute atomic E-state index is 12.2. The van der Waals surface area contributed by atoms with Gasteiger partial charge in [-0.25, -0.2) is 4.98 Å². The summed E-state index contributed by atoms with van der Waals surface area (Å²) in [6.07, 6.45) is 3.53. The number of rotatable bonds is 5. The third kappa shape index (κ3) is 3.99. The van der Waals surface area contributed by atoms with Crippen molar-refractivity contribution in [1.82, 2.24) is 10.3 Å². The van der Waals surface area contributed by atoms with Gasteiger partial charge in [-0.1, -0.05) is 30.3 Å². The van der Waals surface area contributed by atoms with Crippen molar-refractivity contribution in [1.29, 1.82) is 0 Å². The van der Waals surface area contributed by atoms with Crippen LogP contribution in [-0.4, -0.2) is 23.9 Å². The molecule has 0 radical (unpaired) electrons. The first-order valence-electron chi connectivity index (χ1n) is 7.53. The van der Waals surface area contributed by atoms with Crippen LogP contribution in [0.3, 0.4) is 0 Å². The van der Waals surface area contributed by atoms with E-state index in [1.54, 1.807) is 11.3 Å². The molecule has 0 aliphatic carbocycles. The normalized spacial score (nSPS) is 18.6. The molecule has 2 heterocycles. The van der Waals surface area contributed by atoms with E-state index in [2.05, 4.69) is 10.3 Å². The van der Waals surface area contributed by atoms with Crippen LogP contribution < -0.4 is 5.32 Å². The second-order valence-corrected chi connectivity index (χ2v) is 6.57. The standard InChI is InChI=1S/C17H20N2OS/c20-15(9-13-5-4-8-18-11-13)10-17-19-16(12-21-17)14-6-2-1-3-7-14/h1-3,6-7,12-13,18H,4-5,8-11H2. The number of benzene rings is 1. The highest BCUT2D eigenvalue weighted by Crippen LogP contribution is 2.23. The molecule has 0 spiro atoms. The average Bonchev–Trinajstić information content (AvgIpc) is 2.97. The zero-order chi connectivity index (χ0) is 14.5. The van der Waals surface area contributed by atoms with Crippen LogP contribution in [0.2, 0.25) is 0 Å². The fraction of sp³-hybridized carbons (Fsp3) is 0.412. The Hall–Kier alpha value is -1.52. The van der Waals surface area contributed by atoms with Crippen LogP contribution in [0.25, 0.3) is 11.3 Å². The molecule has 1 atom stereocenters. The van der Waals surface area contributed by atoms with Crippen LogP contribution in [0, 0.1) is 5.92 Å². The van der Waals surface area contributed by atoms with Gasteiger partial charge in [0.05, 0.1) is 12.1 Å². The first kappa shape index (κ1) is 14.4. The SMILES string of the molecule is O=C(Cc1nc(-c2ccccc2)cs1)CC1CCCNC1. The molecule has 0 bridgehead atoms. The van der Waals surface area contributed by atoms with E-state index in [1.807, 2.05) is 35.7 Å². The summed E-state index contributed by atoms with van der Waals surface area (Å²) in [5.74, 6) is 0.831. The molecular weight excluding hydrogens is 280 g/mol. The monoisotopic (exact) mass is 300 g/mol. The first-order chi connectivity index (χ1) is 10.3. The van der Waals surface area contributed by atoms with Gasteiger partial charge in [0.15, 0.2) is 0 Å². The smallest absolute Gasteiger partial charge is 0.140 e. The number of aromatic nitrogens is 1. The van der Waals surface area contributed by atoms with E-state index in [0.29, 0.717) is 24.5 Å². The summed E-state index contributed by atoms with van der Waals surface area (Å²) in [6, 6.07) is 10.1. The number of hydrogen-bond donors (Lipinski definition) is 1. The van der Waals surface area contributed by atoms with Crippen molar-refractivity contribution in [2.75, 3.05) is 13.1 Å². The van der Waals surface area contributed by atoms with E-state index in [9.17, 15) is 4.79 Å². The molecule has 1 N–H and O–H groups in total. The molecule has 1 aromatic carbocycles. The number of carbonyl (C=O) groups is 1. The third-order valence-corrected chi connectivity index (χ3v) is 4.73. The fourth-order valence-electron chi connectivity index (χ4n) is 2.79. The molecule has 4 heteroatoms. The average molecular weight is 300 g/mol. The predicted octanol–water partition coefficient (Wildman–Crippen LogP) is 3.31. The molecule has 2 aromatic rings. The molecular formula is C17H20N2OS. The van der Waals surface area contributed by atoms with Crippen LogP contribution >= 0.6 is 11.3 Å². The van der Waals surface area contributed by atoms with Gasteiger partial charge in [0, 0.05) is 17.4 Å². The Balaban J connectivity index is 1.58. The summed E-state index contributed by atoms with van der Waals surface area (Å²) in [4.78, 5) is 16.8. The number of ketones is 1. The Morgan fingerprint density at radius 3 is 2.95 bits per heavy atom. The maximum atomic E-state index is 12.2. The zero-order valence-corrected chi connectivity index (χ0v) is 12.9. The van der Waals surface area contributed by atoms with E-state index < -0.39 is 0 Å². The predicted molar refractivity (Wildman–Crippen MR) is 86.5 cm³/mol. The lowest BCUT2D eigenvalue weighted by Crippen LogP contribution is -2.31. The highest BCUT2D eigenvalue weighted by atomic mass is 32.1. The van der Waals surface area contributed by atoms with Gasteiger partial charge >= 0.3 is 0 Å². The lowest BCUT2D eigenvalue weighted by molar-refractivity contribution is -0.119. The molecule has 1 aromatic heterocycles. The Kier molecular flexibility index (Phi) is 4.78. The van der Waals surface area contributed by atoms with Gasteiger partial charge in [-0.05, 0) is 31.8 Å². The minimum atomic E-state index is 0.317. The first-order valence-corrected chi connectivity index (χ1v) is 8.41. The van der Waals surface area contributed by atoms with Crippen molar-refractivity contribution in [3.05, 3.63) is 40.7 Å². The van der Waals surface area contributed by atoms with E-state index in [0.717, 1.165) is 29.4 Å². The Morgan fingerprint density at radius 2 is 2.19 bits per heavy atom. The van der Waals surface area contributed by atoms with Crippen molar-refractivity contribution in [3.63, 3.8) is 0 Å². The molecule has 1 aliphatic rings. The van der Waals surface area contributed by atoms with Gasteiger partial charge in [-0.15, -0.1) is 11.3 Å². The number of nitrogens with zero attached hydrogens (tertiary/aromatic N) is 1. The topological polar surface area (TPSA) is 42.0 Å². The second kappa shape index (κ2) is 6.96. The van der Waals surface area contributed by atoms with Crippen molar-refractivity contribution >= 4 is 17.1 Å². The molecule has 110 valence electrons. The second-order valence-electron chi connectivity index (χ2n) is 5.62. The Labute approximate surface area is 129 Å². The van der Waals surface area contributed by atoms with Crippen molar-refractivity contribution < 1.29 is 4.79 Å². The van der Waals surface area contributed by atoms with Gasteiger partial charge in [-0.3, -0.25) is 4.79 Å². The Bertz CT molecular complexity index is 588. The quantitative estimate of drug-likeness (QED) is 0.921. The van der Waals surface area contributed by atoms with Crippen molar-refractivity contribution in [3.8, 4) is 11.3 Å². The number of piperidine rings is 1. The maximum Gasteiger partial charge on any atom is 0.140 e. The van der Waals surface area contributed by atoms with Gasteiger partial charge in [-0.2, -0.15) is 0 Å². The van der Waals surface area contributed by atoms with Gasteiger partial charge in [0.2, 0.25) is 0 Å². The summed E-state index contributed by atoms with van der Waals surface area (Å²) in [7, 11) is 0. The summed E-state index contributed by atoms with van der Waals surface area (Å²) >= 11 is 1.59. The van der Waals surface area contributed by atoms with E-state index in [4.69, 9.17) is 0 Å². The molecule has 1 fully saturated rings. The summed E-state index contributed by atoms with van der Waals surface area (Å²) in [5.41, 5.74) is 2.09. The van der Waals surface area contributed by atoms with E-state index in [1.165, 1.54) is 12.8 Å². The molecule has 1 unspecified atom stereocenters. The zero-order valence-electron chi connectivity index (χ0n) is 12.0. The van der Waals surface area contributed by atoms with Crippen molar-refractivity contribution in [2.24, 2.45) is 5.92 Å². The number of carbonyl (C=O) groups excluding carboxylic acids is 1. The van der Waals surface area contributed by atoms with Crippen LogP contribution in [0.5, 0.6) is 0 Å². The van der Waals surface area contributed by atoms with E-state index >= 15 is 0 Å². The summed E-state index contributed by atoms with van der Waals surface area (Å²) in [5, 5.41) is 6.34. The van der Waals surface area contributed by atoms with Crippen LogP contribution in [0.1, 0.15) is 24.3 Å². The minimum absolute atomic E-state index is 0.317. The molecule has 0 amide bonds. The number of nitrogens with one attached hydrogen (secondary N) is 1. The lowest BCUT2D eigenvalue weighted by atomic mass is 9.93. The Morgan fingerprint density at radius 1 is 1.33 bits per heavy atom. The fourth-order valence-corrected chi connectivity index (χ4v) is 3.63. The minimum Gasteiger partial charge on any atom is -0.316 e. The van der Waals surface area contributed by atoms with Gasteiger partial charge < -0.3 is 5.32 Å². The highest BCUT2D eigenvalue weighted by molar-refractivity contribution is 7.10. The van der Waals surface area contributed by atoms with Crippen LogP contribution in [-0.2, 0) is 11.2 Å². The molecule has 1 aliphatic heterocycles. The molecule has 0 saturated carbocycles. The largest absolute Gasteiger partial charge is 0.316 e. The van der Waals surface area contributed by atoms with Gasteiger partial charge in [0.25, 0.3) is 0 Å². The molecule has 3 nitrogen and oxygen atoms in total. The lowest BCUT2D eigenvalue weighted by Gasteiger charge is -2.21. The van der Waals surface area contributed by atoms with E-state index in [-0.39, 0.29) is 0 Å².